The van der Waals surface area contributed by atoms with E-state index in [9.17, 15) is 22.0 Å². The van der Waals surface area contributed by atoms with Gasteiger partial charge in [0.05, 0.1) is 16.1 Å². The van der Waals surface area contributed by atoms with Crippen LogP contribution in [0.25, 0.3) is 22.2 Å². The Bertz CT molecular complexity index is 1330. The van der Waals surface area contributed by atoms with Crippen LogP contribution in [0.3, 0.4) is 0 Å². The average molecular weight is 478 g/mol. The minimum Gasteiger partial charge on any atom is -0.285 e. The zero-order chi connectivity index (χ0) is 23.8. The number of nitrogens with one attached hydrogen (secondary N) is 1. The van der Waals surface area contributed by atoms with Crippen molar-refractivity contribution in [2.45, 2.75) is 30.1 Å². The van der Waals surface area contributed by atoms with Crippen molar-refractivity contribution in [1.82, 2.24) is 15.4 Å². The first kappa shape index (κ1) is 23.1. The van der Waals surface area contributed by atoms with Gasteiger partial charge in [-0.15, -0.1) is 0 Å². The van der Waals surface area contributed by atoms with Gasteiger partial charge in [0, 0.05) is 36.9 Å². The number of primary sulfonamides is 1. The van der Waals surface area contributed by atoms with Crippen LogP contribution in [-0.2, 0) is 10.0 Å². The Morgan fingerprint density at radius 1 is 1.09 bits per heavy atom. The van der Waals surface area contributed by atoms with Crippen LogP contribution >= 0.6 is 0 Å². The summed E-state index contributed by atoms with van der Waals surface area (Å²) in [5.41, 5.74) is 2.43. The molecule has 1 aromatic heterocycles. The number of pyridine rings is 1. The Kier molecular flexibility index (Phi) is 6.12. The zero-order valence-electron chi connectivity index (χ0n) is 17.4. The van der Waals surface area contributed by atoms with E-state index in [-0.39, 0.29) is 53.0 Å². The summed E-state index contributed by atoms with van der Waals surface area (Å²) in [5.74, 6) is -4.55. The molecule has 1 aliphatic heterocycles. The zero-order valence-corrected chi connectivity index (χ0v) is 18.2. The van der Waals surface area contributed by atoms with E-state index < -0.39 is 39.7 Å². The largest absolute Gasteiger partial charge is 0.285 e. The number of fused-ring (bicyclic) bond motifs is 1. The fourth-order valence-corrected chi connectivity index (χ4v) is 4.34. The van der Waals surface area contributed by atoms with Gasteiger partial charge in [0.15, 0.2) is 0 Å². The number of nitrogens with zero attached hydrogens (tertiary/aromatic N) is 2. The molecule has 0 spiro atoms. The molecule has 0 aliphatic carbocycles. The Balaban J connectivity index is 1.80. The first-order valence-electron chi connectivity index (χ1n) is 10.2. The standard InChI is InChI=1S/C22H21F3N4O3S/c23-19-16-7-1-2-8-17(16)27-20(14-5-3-6-15(13-14)33(26,31)32)18(19)21(30)28-29-11-4-9-22(24,25)10-12-29/h1-3,5-8,13H,4,9-12H2,(H,28,30)(H2,26,31,32). The molecule has 0 radical (unpaired) electrons. The number of aromatic nitrogens is 1. The van der Waals surface area contributed by atoms with Crippen LogP contribution in [0.4, 0.5) is 13.2 Å². The van der Waals surface area contributed by atoms with Gasteiger partial charge in [-0.3, -0.25) is 10.2 Å². The van der Waals surface area contributed by atoms with Crippen molar-refractivity contribution in [3.63, 3.8) is 0 Å². The smallest absolute Gasteiger partial charge is 0.270 e. The van der Waals surface area contributed by atoms with Gasteiger partial charge in [-0.05, 0) is 30.7 Å². The molecule has 0 bridgehead atoms. The van der Waals surface area contributed by atoms with Gasteiger partial charge in [-0.1, -0.05) is 24.3 Å². The van der Waals surface area contributed by atoms with Crippen molar-refractivity contribution in [3.05, 3.63) is 59.9 Å². The van der Waals surface area contributed by atoms with E-state index in [4.69, 9.17) is 5.14 Å². The lowest BCUT2D eigenvalue weighted by atomic mass is 10.0. The number of amides is 1. The molecule has 11 heteroatoms. The summed E-state index contributed by atoms with van der Waals surface area (Å²) >= 11 is 0. The van der Waals surface area contributed by atoms with Crippen LogP contribution in [0.5, 0.6) is 0 Å². The SMILES string of the molecule is NS(=O)(=O)c1cccc(-c2nc3ccccc3c(F)c2C(=O)NN2CCCC(F)(F)CC2)c1. The molecule has 4 rings (SSSR count). The molecule has 2 heterocycles. The van der Waals surface area contributed by atoms with E-state index >= 15 is 4.39 Å². The van der Waals surface area contributed by atoms with Gasteiger partial charge in [-0.25, -0.2) is 36.7 Å². The van der Waals surface area contributed by atoms with Crippen molar-refractivity contribution in [1.29, 1.82) is 0 Å². The maximum atomic E-state index is 15.6. The number of nitrogens with two attached hydrogens (primary N) is 1. The Labute approximate surface area is 188 Å². The molecule has 0 unspecified atom stereocenters. The summed E-state index contributed by atoms with van der Waals surface area (Å²) in [6.45, 7) is 0.0811. The van der Waals surface area contributed by atoms with Gasteiger partial charge in [0.2, 0.25) is 15.9 Å². The second-order valence-electron chi connectivity index (χ2n) is 7.88. The van der Waals surface area contributed by atoms with Gasteiger partial charge in [0.25, 0.3) is 5.91 Å². The number of hydrogen-bond acceptors (Lipinski definition) is 5. The molecule has 2 aromatic carbocycles. The van der Waals surface area contributed by atoms with Crippen molar-refractivity contribution >= 4 is 26.8 Å². The van der Waals surface area contributed by atoms with Crippen molar-refractivity contribution in [3.8, 4) is 11.3 Å². The van der Waals surface area contributed by atoms with Crippen LogP contribution in [-0.4, -0.2) is 43.3 Å². The molecule has 0 atom stereocenters. The number of carbonyl (C=O) groups is 1. The van der Waals surface area contributed by atoms with Crippen molar-refractivity contribution in [2.75, 3.05) is 13.1 Å². The highest BCUT2D eigenvalue weighted by atomic mass is 32.2. The first-order chi connectivity index (χ1) is 15.5. The van der Waals surface area contributed by atoms with E-state index in [1.165, 1.54) is 35.3 Å². The van der Waals surface area contributed by atoms with E-state index in [0.717, 1.165) is 0 Å². The summed E-state index contributed by atoms with van der Waals surface area (Å²) in [5, 5.41) is 6.64. The van der Waals surface area contributed by atoms with E-state index in [0.29, 0.717) is 0 Å². The van der Waals surface area contributed by atoms with Crippen LogP contribution in [0.15, 0.2) is 53.4 Å². The molecule has 33 heavy (non-hydrogen) atoms. The number of sulfonamides is 1. The third-order valence-corrected chi connectivity index (χ3v) is 6.38. The lowest BCUT2D eigenvalue weighted by Gasteiger charge is -2.22. The molecule has 0 saturated carbocycles. The quantitative estimate of drug-likeness (QED) is 0.598. The molecule has 3 aromatic rings. The highest BCUT2D eigenvalue weighted by Gasteiger charge is 2.33. The Morgan fingerprint density at radius 2 is 1.85 bits per heavy atom. The molecular weight excluding hydrogens is 457 g/mol. The van der Waals surface area contributed by atoms with Gasteiger partial charge in [-0.2, -0.15) is 0 Å². The fraction of sp³-hybridized carbons (Fsp3) is 0.273. The maximum absolute atomic E-state index is 15.6. The first-order valence-corrected chi connectivity index (χ1v) is 11.7. The average Bonchev–Trinajstić information content (AvgIpc) is 2.93. The highest BCUT2D eigenvalue weighted by Crippen LogP contribution is 2.31. The molecule has 7 nitrogen and oxygen atoms in total. The summed E-state index contributed by atoms with van der Waals surface area (Å²) in [6, 6.07) is 11.6. The number of hydrazine groups is 1. The number of halogens is 3. The minimum atomic E-state index is -4.06. The maximum Gasteiger partial charge on any atom is 0.270 e. The number of para-hydroxylation sites is 1. The second-order valence-corrected chi connectivity index (χ2v) is 9.44. The monoisotopic (exact) mass is 478 g/mol. The molecule has 1 amide bonds. The molecule has 1 aliphatic rings. The molecule has 3 N–H and O–H groups in total. The number of benzene rings is 2. The summed E-state index contributed by atoms with van der Waals surface area (Å²) < 4.78 is 66.5. The highest BCUT2D eigenvalue weighted by molar-refractivity contribution is 7.89. The second kappa shape index (κ2) is 8.73. The Morgan fingerprint density at radius 3 is 2.61 bits per heavy atom. The molecule has 1 fully saturated rings. The third kappa shape index (κ3) is 5.00. The van der Waals surface area contributed by atoms with E-state index in [2.05, 4.69) is 10.4 Å². The van der Waals surface area contributed by atoms with Crippen LogP contribution < -0.4 is 10.6 Å². The number of alkyl halides is 2. The normalized spacial score (nSPS) is 17.0. The van der Waals surface area contributed by atoms with Crippen LogP contribution in [0.2, 0.25) is 0 Å². The predicted octanol–water partition coefficient (Wildman–Crippen LogP) is 3.45. The fourth-order valence-electron chi connectivity index (χ4n) is 3.78. The number of hydrogen-bond donors (Lipinski definition) is 2. The minimum absolute atomic E-state index is 0.0886. The van der Waals surface area contributed by atoms with Crippen molar-refractivity contribution < 1.29 is 26.4 Å². The van der Waals surface area contributed by atoms with Crippen LogP contribution in [0, 0.1) is 5.82 Å². The van der Waals surface area contributed by atoms with Crippen LogP contribution in [0.1, 0.15) is 29.6 Å². The van der Waals surface area contributed by atoms with Gasteiger partial charge < -0.3 is 0 Å². The lowest BCUT2D eigenvalue weighted by molar-refractivity contribution is -0.0143. The predicted molar refractivity (Wildman–Crippen MR) is 116 cm³/mol. The van der Waals surface area contributed by atoms with Gasteiger partial charge >= 0.3 is 0 Å². The van der Waals surface area contributed by atoms with Crippen molar-refractivity contribution in [2.24, 2.45) is 5.14 Å². The topological polar surface area (TPSA) is 105 Å². The van der Waals surface area contributed by atoms with E-state index in [1.807, 2.05) is 0 Å². The molecule has 1 saturated heterocycles. The lowest BCUT2D eigenvalue weighted by Crippen LogP contribution is -2.43. The summed E-state index contributed by atoms with van der Waals surface area (Å²) in [6.07, 6.45) is -0.569. The number of carbonyl (C=O) groups excluding carboxylic acids is 1. The third-order valence-electron chi connectivity index (χ3n) is 5.47. The number of rotatable bonds is 4. The summed E-state index contributed by atoms with van der Waals surface area (Å²) in [7, 11) is -4.06. The molecule has 174 valence electrons. The van der Waals surface area contributed by atoms with E-state index in [1.54, 1.807) is 18.2 Å². The van der Waals surface area contributed by atoms with Gasteiger partial charge in [0.1, 0.15) is 11.4 Å². The summed E-state index contributed by atoms with van der Waals surface area (Å²) in [4.78, 5) is 17.3. The molecular formula is C22H21F3N4O3S. The Hall–Kier alpha value is -3.02.